The number of carbonyl (C=O) groups is 1. The molecule has 5 heteroatoms. The average molecular weight is 252 g/mol. The number of nitrogens with two attached hydrogens (primary N) is 1. The lowest BCUT2D eigenvalue weighted by molar-refractivity contribution is 0.101. The van der Waals surface area contributed by atoms with Crippen LogP contribution in [-0.2, 0) is 0 Å². The molecular weight excluding hydrogens is 240 g/mol. The van der Waals surface area contributed by atoms with Gasteiger partial charge in [-0.1, -0.05) is 18.2 Å². The second-order valence-corrected chi connectivity index (χ2v) is 4.33. The van der Waals surface area contributed by atoms with Crippen LogP contribution in [0.15, 0.2) is 42.6 Å². The van der Waals surface area contributed by atoms with Crippen LogP contribution in [0.3, 0.4) is 0 Å². The van der Waals surface area contributed by atoms with Gasteiger partial charge in [-0.15, -0.1) is 5.10 Å². The van der Waals surface area contributed by atoms with Crippen molar-refractivity contribution in [3.8, 4) is 11.1 Å². The van der Waals surface area contributed by atoms with Crippen LogP contribution in [-0.4, -0.2) is 20.4 Å². The number of nitrogens with zero attached hydrogens (tertiary/aromatic N) is 3. The number of benzene rings is 1. The smallest absolute Gasteiger partial charge is 0.240 e. The predicted octanol–water partition coefficient (Wildman–Crippen LogP) is 2.18. The highest BCUT2D eigenvalue weighted by Crippen LogP contribution is 2.21. The van der Waals surface area contributed by atoms with E-state index in [1.807, 2.05) is 36.5 Å². The fourth-order valence-electron chi connectivity index (χ4n) is 1.99. The molecular formula is C14H12N4O. The zero-order valence-corrected chi connectivity index (χ0v) is 10.4. The number of rotatable bonds is 2. The first kappa shape index (κ1) is 11.4. The SMILES string of the molecule is CC(=O)c1cccc(-c2ccc3nc(N)nn3c2)c1. The normalized spacial score (nSPS) is 10.8. The molecule has 0 saturated heterocycles. The van der Waals surface area contributed by atoms with Crippen LogP contribution in [0.25, 0.3) is 16.8 Å². The fraction of sp³-hybridized carbons (Fsp3) is 0.0714. The molecule has 0 fully saturated rings. The van der Waals surface area contributed by atoms with E-state index in [1.165, 1.54) is 0 Å². The second-order valence-electron chi connectivity index (χ2n) is 4.33. The van der Waals surface area contributed by atoms with Crippen molar-refractivity contribution in [2.24, 2.45) is 0 Å². The zero-order chi connectivity index (χ0) is 13.4. The summed E-state index contributed by atoms with van der Waals surface area (Å²) in [7, 11) is 0. The third-order valence-corrected chi connectivity index (χ3v) is 2.95. The molecule has 5 nitrogen and oxygen atoms in total. The van der Waals surface area contributed by atoms with Crippen LogP contribution >= 0.6 is 0 Å². The third kappa shape index (κ3) is 2.06. The zero-order valence-electron chi connectivity index (χ0n) is 10.4. The van der Waals surface area contributed by atoms with Gasteiger partial charge < -0.3 is 5.73 Å². The molecule has 0 aliphatic rings. The van der Waals surface area contributed by atoms with E-state index in [1.54, 1.807) is 17.5 Å². The molecule has 0 amide bonds. The van der Waals surface area contributed by atoms with E-state index >= 15 is 0 Å². The molecule has 0 unspecified atom stereocenters. The summed E-state index contributed by atoms with van der Waals surface area (Å²) in [5.41, 5.74) is 8.86. The maximum Gasteiger partial charge on any atom is 0.240 e. The number of hydrogen-bond acceptors (Lipinski definition) is 4. The van der Waals surface area contributed by atoms with Crippen LogP contribution in [0.2, 0.25) is 0 Å². The quantitative estimate of drug-likeness (QED) is 0.709. The Balaban J connectivity index is 2.12. The van der Waals surface area contributed by atoms with E-state index in [9.17, 15) is 4.79 Å². The molecule has 19 heavy (non-hydrogen) atoms. The van der Waals surface area contributed by atoms with Gasteiger partial charge in [0.1, 0.15) is 0 Å². The van der Waals surface area contributed by atoms with Gasteiger partial charge in [-0.3, -0.25) is 4.79 Å². The largest absolute Gasteiger partial charge is 0.366 e. The Labute approximate surface area is 109 Å². The number of Topliss-reactive ketones (excluding diaryl/α,β-unsaturated/α-hetero) is 1. The van der Waals surface area contributed by atoms with Crippen LogP contribution in [0.1, 0.15) is 17.3 Å². The summed E-state index contributed by atoms with van der Waals surface area (Å²) < 4.78 is 1.63. The van der Waals surface area contributed by atoms with E-state index in [4.69, 9.17) is 5.73 Å². The van der Waals surface area contributed by atoms with E-state index in [0.717, 1.165) is 11.1 Å². The molecule has 2 aromatic heterocycles. The van der Waals surface area contributed by atoms with Gasteiger partial charge in [-0.05, 0) is 30.7 Å². The molecule has 0 radical (unpaired) electrons. The maximum atomic E-state index is 11.4. The monoisotopic (exact) mass is 252 g/mol. The lowest BCUT2D eigenvalue weighted by Crippen LogP contribution is -1.93. The van der Waals surface area contributed by atoms with Crippen molar-refractivity contribution in [1.82, 2.24) is 14.6 Å². The van der Waals surface area contributed by atoms with Crippen molar-refractivity contribution in [1.29, 1.82) is 0 Å². The van der Waals surface area contributed by atoms with Crippen molar-refractivity contribution in [2.75, 3.05) is 5.73 Å². The molecule has 3 rings (SSSR count). The Morgan fingerprint density at radius 3 is 2.84 bits per heavy atom. The summed E-state index contributed by atoms with van der Waals surface area (Å²) in [4.78, 5) is 15.5. The maximum absolute atomic E-state index is 11.4. The lowest BCUT2D eigenvalue weighted by atomic mass is 10.0. The summed E-state index contributed by atoms with van der Waals surface area (Å²) in [6.45, 7) is 1.56. The van der Waals surface area contributed by atoms with E-state index in [2.05, 4.69) is 10.1 Å². The summed E-state index contributed by atoms with van der Waals surface area (Å²) in [5, 5.41) is 4.07. The number of fused-ring (bicyclic) bond motifs is 1. The van der Waals surface area contributed by atoms with Crippen molar-refractivity contribution < 1.29 is 4.79 Å². The minimum Gasteiger partial charge on any atom is -0.366 e. The van der Waals surface area contributed by atoms with Gasteiger partial charge >= 0.3 is 0 Å². The minimum absolute atomic E-state index is 0.0490. The Bertz CT molecular complexity index is 776. The van der Waals surface area contributed by atoms with Gasteiger partial charge in [0.05, 0.1) is 0 Å². The number of anilines is 1. The summed E-state index contributed by atoms with van der Waals surface area (Å²) in [6, 6.07) is 11.3. The molecule has 2 heterocycles. The molecule has 0 atom stereocenters. The molecule has 2 N–H and O–H groups in total. The topological polar surface area (TPSA) is 73.3 Å². The second kappa shape index (κ2) is 4.20. The highest BCUT2D eigenvalue weighted by molar-refractivity contribution is 5.95. The van der Waals surface area contributed by atoms with Crippen molar-refractivity contribution in [2.45, 2.75) is 6.92 Å². The molecule has 1 aromatic carbocycles. The van der Waals surface area contributed by atoms with Gasteiger partial charge in [0.25, 0.3) is 0 Å². The fourth-order valence-corrected chi connectivity index (χ4v) is 1.99. The number of carbonyl (C=O) groups excluding carboxylic acids is 1. The van der Waals surface area contributed by atoms with E-state index in [0.29, 0.717) is 11.2 Å². The van der Waals surface area contributed by atoms with Gasteiger partial charge in [0.2, 0.25) is 5.95 Å². The number of pyridine rings is 1. The Morgan fingerprint density at radius 1 is 1.21 bits per heavy atom. The highest BCUT2D eigenvalue weighted by atomic mass is 16.1. The summed E-state index contributed by atoms with van der Waals surface area (Å²) >= 11 is 0. The summed E-state index contributed by atoms with van der Waals surface area (Å²) in [6.07, 6.45) is 1.85. The molecule has 94 valence electrons. The third-order valence-electron chi connectivity index (χ3n) is 2.95. The van der Waals surface area contributed by atoms with Crippen LogP contribution in [0.5, 0.6) is 0 Å². The van der Waals surface area contributed by atoms with Crippen LogP contribution in [0.4, 0.5) is 5.95 Å². The lowest BCUT2D eigenvalue weighted by Gasteiger charge is -2.03. The Kier molecular flexibility index (Phi) is 2.52. The highest BCUT2D eigenvalue weighted by Gasteiger charge is 2.05. The first-order valence-electron chi connectivity index (χ1n) is 5.87. The predicted molar refractivity (Wildman–Crippen MR) is 72.8 cm³/mol. The molecule has 0 spiro atoms. The van der Waals surface area contributed by atoms with Crippen molar-refractivity contribution >= 4 is 17.4 Å². The van der Waals surface area contributed by atoms with Crippen LogP contribution in [0, 0.1) is 0 Å². The molecule has 3 aromatic rings. The minimum atomic E-state index is 0.0490. The van der Waals surface area contributed by atoms with Crippen LogP contribution < -0.4 is 5.73 Å². The Morgan fingerprint density at radius 2 is 2.05 bits per heavy atom. The van der Waals surface area contributed by atoms with Gasteiger partial charge in [0.15, 0.2) is 11.4 Å². The van der Waals surface area contributed by atoms with Crippen molar-refractivity contribution in [3.05, 3.63) is 48.2 Å². The number of ketones is 1. The molecule has 0 aliphatic carbocycles. The van der Waals surface area contributed by atoms with E-state index < -0.39 is 0 Å². The van der Waals surface area contributed by atoms with E-state index in [-0.39, 0.29) is 11.7 Å². The standard InChI is InChI=1S/C14H12N4O/c1-9(19)10-3-2-4-11(7-10)12-5-6-13-16-14(15)17-18(13)8-12/h2-8H,1H3,(H2,15,17). The molecule has 0 aliphatic heterocycles. The first-order chi connectivity index (χ1) is 9.13. The average Bonchev–Trinajstić information content (AvgIpc) is 2.77. The van der Waals surface area contributed by atoms with Gasteiger partial charge in [-0.25, -0.2) is 4.52 Å². The van der Waals surface area contributed by atoms with Crippen molar-refractivity contribution in [3.63, 3.8) is 0 Å². The first-order valence-corrected chi connectivity index (χ1v) is 5.87. The van der Waals surface area contributed by atoms with Gasteiger partial charge in [0, 0.05) is 17.3 Å². The molecule has 0 bridgehead atoms. The summed E-state index contributed by atoms with van der Waals surface area (Å²) in [5.74, 6) is 0.294. The number of aromatic nitrogens is 3. The molecule has 0 saturated carbocycles. The van der Waals surface area contributed by atoms with Gasteiger partial charge in [-0.2, -0.15) is 4.98 Å². The Hall–Kier alpha value is -2.69. The number of hydrogen-bond donors (Lipinski definition) is 1. The number of nitrogen functional groups attached to an aromatic ring is 1.